The van der Waals surface area contributed by atoms with E-state index in [1.54, 1.807) is 12.1 Å². The Balaban J connectivity index is 2.05. The Kier molecular flexibility index (Phi) is 12.3. The van der Waals surface area contributed by atoms with E-state index in [1.807, 2.05) is 0 Å². The summed E-state index contributed by atoms with van der Waals surface area (Å²) in [7, 11) is 0. The van der Waals surface area contributed by atoms with Crippen molar-refractivity contribution in [1.29, 1.82) is 0 Å². The number of benzene rings is 3. The van der Waals surface area contributed by atoms with Crippen LogP contribution in [0.15, 0.2) is 36.4 Å². The molecular formula is C35H44O10. The molecule has 0 amide bonds. The normalized spacial score (nSPS) is 11.8. The molecule has 244 valence electrons. The fourth-order valence-corrected chi connectivity index (χ4v) is 5.00. The van der Waals surface area contributed by atoms with Crippen molar-refractivity contribution in [1.82, 2.24) is 0 Å². The minimum Gasteiger partial charge on any atom is -0.504 e. The van der Waals surface area contributed by atoms with Crippen molar-refractivity contribution in [2.75, 3.05) is 0 Å². The van der Waals surface area contributed by atoms with Crippen molar-refractivity contribution >= 4 is 11.9 Å². The highest BCUT2D eigenvalue weighted by Gasteiger charge is 2.23. The number of aryl methyl sites for hydroxylation is 1. The molecule has 1 atom stereocenters. The van der Waals surface area contributed by atoms with Crippen LogP contribution in [-0.2, 0) is 12.8 Å². The highest BCUT2D eigenvalue weighted by Crippen LogP contribution is 2.39. The molecule has 0 aromatic heterocycles. The molecule has 0 aliphatic carbocycles. The number of phenolic OH excluding ortho intramolecular Hbond substituents is 6. The van der Waals surface area contributed by atoms with E-state index in [4.69, 9.17) is 9.47 Å². The number of rotatable bonds is 15. The fourth-order valence-electron chi connectivity index (χ4n) is 5.00. The molecule has 0 unspecified atom stereocenters. The third-order valence-corrected chi connectivity index (χ3v) is 7.68. The van der Waals surface area contributed by atoms with Crippen molar-refractivity contribution in [2.24, 2.45) is 11.8 Å². The second kappa shape index (κ2) is 15.9. The first kappa shape index (κ1) is 34.9. The van der Waals surface area contributed by atoms with E-state index in [2.05, 4.69) is 27.7 Å². The third kappa shape index (κ3) is 9.69. The maximum Gasteiger partial charge on any atom is 0.343 e. The Morgan fingerprint density at radius 2 is 1.09 bits per heavy atom. The first-order chi connectivity index (χ1) is 21.3. The predicted octanol–water partition coefficient (Wildman–Crippen LogP) is 7.49. The maximum absolute atomic E-state index is 13.2. The number of carbonyl (C=O) groups excluding carboxylic acids is 2. The van der Waals surface area contributed by atoms with Gasteiger partial charge in [-0.15, -0.1) is 0 Å². The van der Waals surface area contributed by atoms with Crippen molar-refractivity contribution < 1.29 is 49.7 Å². The summed E-state index contributed by atoms with van der Waals surface area (Å²) in [4.78, 5) is 26.5. The highest BCUT2D eigenvalue weighted by atomic mass is 16.5. The summed E-state index contributed by atoms with van der Waals surface area (Å²) in [5.41, 5.74) is 0.753. The summed E-state index contributed by atoms with van der Waals surface area (Å²) >= 11 is 0. The van der Waals surface area contributed by atoms with Crippen LogP contribution in [0.4, 0.5) is 0 Å². The zero-order chi connectivity index (χ0) is 33.3. The zero-order valence-corrected chi connectivity index (χ0v) is 26.3. The lowest BCUT2D eigenvalue weighted by Gasteiger charge is -2.19. The molecule has 45 heavy (non-hydrogen) atoms. The molecule has 0 fully saturated rings. The number of carbonyl (C=O) groups is 2. The summed E-state index contributed by atoms with van der Waals surface area (Å²) in [5.74, 6) is -4.98. The Morgan fingerprint density at radius 3 is 1.51 bits per heavy atom. The summed E-state index contributed by atoms with van der Waals surface area (Å²) in [6.07, 6.45) is 7.53. The first-order valence-corrected chi connectivity index (χ1v) is 15.4. The third-order valence-electron chi connectivity index (χ3n) is 7.68. The Labute approximate surface area is 263 Å². The van der Waals surface area contributed by atoms with Crippen LogP contribution in [-0.4, -0.2) is 42.6 Å². The van der Waals surface area contributed by atoms with Gasteiger partial charge in [-0.1, -0.05) is 59.8 Å². The second-order valence-corrected chi connectivity index (χ2v) is 12.0. The van der Waals surface area contributed by atoms with E-state index in [9.17, 15) is 40.2 Å². The zero-order valence-electron chi connectivity index (χ0n) is 26.3. The summed E-state index contributed by atoms with van der Waals surface area (Å²) in [6, 6.07) is 7.32. The van der Waals surface area contributed by atoms with Crippen LogP contribution in [0.3, 0.4) is 0 Å². The smallest absolute Gasteiger partial charge is 0.343 e. The molecule has 10 heteroatoms. The highest BCUT2D eigenvalue weighted by molar-refractivity contribution is 5.94. The molecule has 3 rings (SSSR count). The van der Waals surface area contributed by atoms with Gasteiger partial charge in [-0.05, 0) is 79.5 Å². The van der Waals surface area contributed by atoms with Gasteiger partial charge in [0.25, 0.3) is 0 Å². The molecule has 0 aliphatic rings. The molecule has 0 spiro atoms. The number of aromatic hydroxyl groups is 6. The lowest BCUT2D eigenvalue weighted by molar-refractivity contribution is 0.0727. The largest absolute Gasteiger partial charge is 0.504 e. The van der Waals surface area contributed by atoms with Crippen LogP contribution in [0, 0.1) is 11.8 Å². The maximum atomic E-state index is 13.2. The molecule has 3 aromatic rings. The molecule has 0 heterocycles. The van der Waals surface area contributed by atoms with Gasteiger partial charge in [0.15, 0.2) is 34.5 Å². The average Bonchev–Trinajstić information content (AvgIpc) is 2.97. The monoisotopic (exact) mass is 624 g/mol. The molecule has 0 saturated heterocycles. The van der Waals surface area contributed by atoms with Crippen molar-refractivity contribution in [2.45, 2.75) is 85.5 Å². The van der Waals surface area contributed by atoms with Crippen molar-refractivity contribution in [3.63, 3.8) is 0 Å². The molecule has 6 N–H and O–H groups in total. The number of ether oxygens (including phenoxy) is 2. The minimum atomic E-state index is -0.914. The summed E-state index contributed by atoms with van der Waals surface area (Å²) in [5, 5.41) is 59.2. The van der Waals surface area contributed by atoms with Crippen LogP contribution < -0.4 is 9.47 Å². The molecule has 0 aliphatic heterocycles. The van der Waals surface area contributed by atoms with Crippen molar-refractivity contribution in [3.8, 4) is 46.0 Å². The van der Waals surface area contributed by atoms with E-state index in [0.29, 0.717) is 36.7 Å². The van der Waals surface area contributed by atoms with Gasteiger partial charge in [0.1, 0.15) is 11.5 Å². The molecule has 0 radical (unpaired) electrons. The Hall–Kier alpha value is -4.60. The lowest BCUT2D eigenvalue weighted by atomic mass is 9.93. The van der Waals surface area contributed by atoms with Gasteiger partial charge < -0.3 is 40.1 Å². The van der Waals surface area contributed by atoms with Crippen LogP contribution >= 0.6 is 0 Å². The van der Waals surface area contributed by atoms with E-state index in [0.717, 1.165) is 68.4 Å². The summed E-state index contributed by atoms with van der Waals surface area (Å²) < 4.78 is 11.6. The average molecular weight is 625 g/mol. The Morgan fingerprint density at radius 1 is 0.622 bits per heavy atom. The second-order valence-electron chi connectivity index (χ2n) is 12.0. The topological polar surface area (TPSA) is 174 Å². The standard InChI is InChI=1S/C35H44O10/c1-5-6-7-11-22-14-30(44-34(42)23-16-26(36)32(40)27(37)17-23)25(13-12-21(4)10-8-9-20(2)3)31(15-22)45-35(43)24-18-28(38)33(41)29(39)19-24/h14-21,36-41H,5-13H2,1-4H3/t21-/m0/s1. The van der Waals surface area contributed by atoms with E-state index >= 15 is 0 Å². The molecular weight excluding hydrogens is 580 g/mol. The van der Waals surface area contributed by atoms with Gasteiger partial charge in [0.05, 0.1) is 11.1 Å². The SMILES string of the molecule is CCCCCc1cc(OC(=O)c2cc(O)c(O)c(O)c2)c(CC[C@@H](C)CCCC(C)C)c(OC(=O)c2cc(O)c(O)c(O)c2)c1. The first-order valence-electron chi connectivity index (χ1n) is 15.4. The minimum absolute atomic E-state index is 0.134. The number of hydrogen-bond acceptors (Lipinski definition) is 10. The van der Waals surface area contributed by atoms with Crippen molar-refractivity contribution in [3.05, 3.63) is 58.7 Å². The van der Waals surface area contributed by atoms with Crippen LogP contribution in [0.25, 0.3) is 0 Å². The van der Waals surface area contributed by atoms with Gasteiger partial charge in [-0.2, -0.15) is 0 Å². The molecule has 10 nitrogen and oxygen atoms in total. The quantitative estimate of drug-likeness (QED) is 0.0430. The Bertz CT molecular complexity index is 1360. The van der Waals surface area contributed by atoms with Gasteiger partial charge >= 0.3 is 11.9 Å². The number of esters is 2. The van der Waals surface area contributed by atoms with E-state index < -0.39 is 46.4 Å². The van der Waals surface area contributed by atoms with Crippen LogP contribution in [0.5, 0.6) is 46.0 Å². The predicted molar refractivity (Wildman–Crippen MR) is 169 cm³/mol. The van der Waals surface area contributed by atoms with Crippen LogP contribution in [0.1, 0.15) is 104 Å². The lowest BCUT2D eigenvalue weighted by Crippen LogP contribution is -2.14. The van der Waals surface area contributed by atoms with E-state index in [-0.39, 0.29) is 22.6 Å². The number of phenols is 6. The molecule has 0 saturated carbocycles. The van der Waals surface area contributed by atoms with Gasteiger partial charge in [-0.25, -0.2) is 9.59 Å². The summed E-state index contributed by atoms with van der Waals surface area (Å²) in [6.45, 7) is 8.54. The van der Waals surface area contributed by atoms with Gasteiger partial charge in [0.2, 0.25) is 0 Å². The molecule has 0 bridgehead atoms. The van der Waals surface area contributed by atoms with Crippen LogP contribution in [0.2, 0.25) is 0 Å². The fraction of sp³-hybridized carbons (Fsp3) is 0.429. The van der Waals surface area contributed by atoms with E-state index in [1.165, 1.54) is 0 Å². The molecule has 3 aromatic carbocycles. The number of hydrogen-bond donors (Lipinski definition) is 6. The number of unbranched alkanes of at least 4 members (excludes halogenated alkanes) is 2. The van der Waals surface area contributed by atoms with Gasteiger partial charge in [-0.3, -0.25) is 0 Å². The van der Waals surface area contributed by atoms with Gasteiger partial charge in [0, 0.05) is 5.56 Å².